The number of H-pyrrole nitrogens is 1. The summed E-state index contributed by atoms with van der Waals surface area (Å²) in [7, 11) is -3.87. The summed E-state index contributed by atoms with van der Waals surface area (Å²) in [6.07, 6.45) is 5.81. The van der Waals surface area contributed by atoms with Crippen LogP contribution < -0.4 is 4.72 Å². The van der Waals surface area contributed by atoms with E-state index in [9.17, 15) is 13.2 Å². The highest BCUT2D eigenvalue weighted by Gasteiger charge is 2.22. The molecule has 112 valence electrons. The van der Waals surface area contributed by atoms with Crippen LogP contribution >= 0.6 is 0 Å². The lowest BCUT2D eigenvalue weighted by atomic mass is 10.1. The van der Waals surface area contributed by atoms with E-state index < -0.39 is 15.9 Å². The summed E-state index contributed by atoms with van der Waals surface area (Å²) in [6, 6.07) is 0. The van der Waals surface area contributed by atoms with Crippen LogP contribution in [0, 0.1) is 12.8 Å². The van der Waals surface area contributed by atoms with Crippen molar-refractivity contribution < 1.29 is 17.9 Å². The standard InChI is InChI=1S/C12H19N3O4S/c1-9-11(6-13-14-9)20(17,18)15-12(16)8-19-7-10-4-2-3-5-10/h6,10H,2-5,7-8H2,1H3,(H,13,14)(H,15,16). The summed E-state index contributed by atoms with van der Waals surface area (Å²) in [6.45, 7) is 1.84. The number of amides is 1. The lowest BCUT2D eigenvalue weighted by Gasteiger charge is -2.10. The number of aromatic amines is 1. The molecular weight excluding hydrogens is 282 g/mol. The largest absolute Gasteiger partial charge is 0.371 e. The van der Waals surface area contributed by atoms with Gasteiger partial charge in [0.25, 0.3) is 15.9 Å². The van der Waals surface area contributed by atoms with Crippen LogP contribution in [0.15, 0.2) is 11.1 Å². The van der Waals surface area contributed by atoms with Crippen LogP contribution in [0.3, 0.4) is 0 Å². The van der Waals surface area contributed by atoms with Gasteiger partial charge in [-0.15, -0.1) is 0 Å². The van der Waals surface area contributed by atoms with E-state index in [4.69, 9.17) is 4.74 Å². The van der Waals surface area contributed by atoms with Crippen molar-refractivity contribution in [2.45, 2.75) is 37.5 Å². The fraction of sp³-hybridized carbons (Fsp3) is 0.667. The lowest BCUT2D eigenvalue weighted by Crippen LogP contribution is -2.34. The minimum absolute atomic E-state index is 0.0263. The van der Waals surface area contributed by atoms with Gasteiger partial charge in [0.1, 0.15) is 11.5 Å². The number of ether oxygens (including phenoxy) is 1. The molecule has 0 aromatic carbocycles. The van der Waals surface area contributed by atoms with Crippen molar-refractivity contribution in [1.29, 1.82) is 0 Å². The number of sulfonamides is 1. The topological polar surface area (TPSA) is 101 Å². The Balaban J connectivity index is 1.80. The molecule has 0 saturated heterocycles. The Labute approximate surface area is 118 Å². The first-order chi connectivity index (χ1) is 9.49. The van der Waals surface area contributed by atoms with Gasteiger partial charge in [0.2, 0.25) is 0 Å². The number of hydrogen-bond acceptors (Lipinski definition) is 5. The van der Waals surface area contributed by atoms with Gasteiger partial charge in [-0.3, -0.25) is 9.89 Å². The third-order valence-corrected chi connectivity index (χ3v) is 4.87. The van der Waals surface area contributed by atoms with Crippen LogP contribution in [0.5, 0.6) is 0 Å². The molecule has 1 aliphatic rings. The fourth-order valence-electron chi connectivity index (χ4n) is 2.34. The minimum atomic E-state index is -3.87. The molecule has 1 saturated carbocycles. The number of aryl methyl sites for hydroxylation is 1. The van der Waals surface area contributed by atoms with Crippen molar-refractivity contribution >= 4 is 15.9 Å². The highest BCUT2D eigenvalue weighted by Crippen LogP contribution is 2.24. The Bertz CT molecular complexity index is 561. The predicted molar refractivity (Wildman–Crippen MR) is 71.4 cm³/mol. The maximum atomic E-state index is 11.9. The molecule has 1 amide bonds. The Morgan fingerprint density at radius 3 is 2.80 bits per heavy atom. The van der Waals surface area contributed by atoms with Gasteiger partial charge < -0.3 is 4.74 Å². The number of carbonyl (C=O) groups excluding carboxylic acids is 1. The summed E-state index contributed by atoms with van der Waals surface area (Å²) >= 11 is 0. The van der Waals surface area contributed by atoms with Crippen LogP contribution in [-0.2, 0) is 19.6 Å². The molecule has 0 radical (unpaired) electrons. The zero-order valence-corrected chi connectivity index (χ0v) is 12.2. The van der Waals surface area contributed by atoms with Gasteiger partial charge in [-0.25, -0.2) is 13.1 Å². The maximum Gasteiger partial charge on any atom is 0.267 e. The molecule has 1 aromatic heterocycles. The van der Waals surface area contributed by atoms with E-state index in [1.165, 1.54) is 19.0 Å². The molecule has 2 N–H and O–H groups in total. The second kappa shape index (κ2) is 6.36. The molecule has 0 spiro atoms. The number of nitrogens with zero attached hydrogens (tertiary/aromatic N) is 1. The molecule has 7 nitrogen and oxygen atoms in total. The normalized spacial score (nSPS) is 16.4. The van der Waals surface area contributed by atoms with E-state index in [0.29, 0.717) is 18.2 Å². The zero-order valence-electron chi connectivity index (χ0n) is 11.4. The Hall–Kier alpha value is -1.41. The Morgan fingerprint density at radius 1 is 1.50 bits per heavy atom. The average Bonchev–Trinajstić information content (AvgIpc) is 2.99. The quantitative estimate of drug-likeness (QED) is 0.806. The van der Waals surface area contributed by atoms with Crippen LogP contribution in [0.2, 0.25) is 0 Å². The first-order valence-electron chi connectivity index (χ1n) is 6.62. The van der Waals surface area contributed by atoms with Crippen molar-refractivity contribution in [3.05, 3.63) is 11.9 Å². The van der Waals surface area contributed by atoms with Crippen LogP contribution in [-0.4, -0.2) is 37.7 Å². The molecule has 1 aromatic rings. The van der Waals surface area contributed by atoms with Crippen LogP contribution in [0.25, 0.3) is 0 Å². The highest BCUT2D eigenvalue weighted by atomic mass is 32.2. The SMILES string of the molecule is Cc1[nH]ncc1S(=O)(=O)NC(=O)COCC1CCCC1. The molecule has 8 heteroatoms. The van der Waals surface area contributed by atoms with Crippen LogP contribution in [0.1, 0.15) is 31.4 Å². The van der Waals surface area contributed by atoms with E-state index in [-0.39, 0.29) is 11.5 Å². The molecule has 0 unspecified atom stereocenters. The second-order valence-electron chi connectivity index (χ2n) is 5.05. The van der Waals surface area contributed by atoms with Gasteiger partial charge in [0, 0.05) is 0 Å². The first-order valence-corrected chi connectivity index (χ1v) is 8.10. The first kappa shape index (κ1) is 15.0. The van der Waals surface area contributed by atoms with E-state index in [1.807, 2.05) is 4.72 Å². The van der Waals surface area contributed by atoms with Crippen molar-refractivity contribution in [2.75, 3.05) is 13.2 Å². The number of rotatable bonds is 6. The molecule has 1 heterocycles. The lowest BCUT2D eigenvalue weighted by molar-refractivity contribution is -0.124. The number of aromatic nitrogens is 2. The predicted octanol–water partition coefficient (Wildman–Crippen LogP) is 0.730. The number of hydrogen-bond donors (Lipinski definition) is 2. The summed E-state index contributed by atoms with van der Waals surface area (Å²) in [5, 5.41) is 6.14. The number of carbonyl (C=O) groups is 1. The fourth-order valence-corrected chi connectivity index (χ4v) is 3.45. The van der Waals surface area contributed by atoms with Gasteiger partial charge in [-0.2, -0.15) is 5.10 Å². The molecule has 0 bridgehead atoms. The van der Waals surface area contributed by atoms with Gasteiger partial charge in [0.05, 0.1) is 18.5 Å². The number of nitrogens with one attached hydrogen (secondary N) is 2. The molecule has 1 aliphatic carbocycles. The Morgan fingerprint density at radius 2 is 2.20 bits per heavy atom. The molecule has 0 aliphatic heterocycles. The summed E-state index contributed by atoms with van der Waals surface area (Å²) in [5.74, 6) is -0.167. The molecule has 2 rings (SSSR count). The van der Waals surface area contributed by atoms with Gasteiger partial charge in [-0.1, -0.05) is 12.8 Å². The van der Waals surface area contributed by atoms with E-state index in [0.717, 1.165) is 12.8 Å². The summed E-state index contributed by atoms with van der Waals surface area (Å²) < 4.78 is 31.0. The van der Waals surface area contributed by atoms with Gasteiger partial charge in [0.15, 0.2) is 0 Å². The van der Waals surface area contributed by atoms with Crippen molar-refractivity contribution in [3.63, 3.8) is 0 Å². The van der Waals surface area contributed by atoms with Crippen LogP contribution in [0.4, 0.5) is 0 Å². The summed E-state index contributed by atoms with van der Waals surface area (Å²) in [5.41, 5.74) is 0.386. The Kier molecular flexibility index (Phi) is 4.77. The van der Waals surface area contributed by atoms with E-state index in [1.54, 1.807) is 6.92 Å². The third-order valence-electron chi connectivity index (χ3n) is 3.38. The van der Waals surface area contributed by atoms with Crippen molar-refractivity contribution in [3.8, 4) is 0 Å². The summed E-state index contributed by atoms with van der Waals surface area (Å²) in [4.78, 5) is 11.6. The van der Waals surface area contributed by atoms with E-state index >= 15 is 0 Å². The zero-order chi connectivity index (χ0) is 14.6. The highest BCUT2D eigenvalue weighted by molar-refractivity contribution is 7.90. The van der Waals surface area contributed by atoms with Gasteiger partial charge >= 0.3 is 0 Å². The van der Waals surface area contributed by atoms with Crippen molar-refractivity contribution in [2.24, 2.45) is 5.92 Å². The monoisotopic (exact) mass is 301 g/mol. The molecule has 20 heavy (non-hydrogen) atoms. The molecule has 0 atom stereocenters. The minimum Gasteiger partial charge on any atom is -0.371 e. The van der Waals surface area contributed by atoms with Crippen molar-refractivity contribution in [1.82, 2.24) is 14.9 Å². The van der Waals surface area contributed by atoms with E-state index in [2.05, 4.69) is 10.2 Å². The second-order valence-corrected chi connectivity index (χ2v) is 6.70. The molecule has 1 fully saturated rings. The van der Waals surface area contributed by atoms with Gasteiger partial charge in [-0.05, 0) is 25.7 Å². The average molecular weight is 301 g/mol. The smallest absolute Gasteiger partial charge is 0.267 e. The molecular formula is C12H19N3O4S. The third kappa shape index (κ3) is 3.80. The maximum absolute atomic E-state index is 11.9.